The summed E-state index contributed by atoms with van der Waals surface area (Å²) in [5, 5.41) is 3.84. The third kappa shape index (κ3) is 2.78. The van der Waals surface area contributed by atoms with Crippen LogP contribution in [0, 0.1) is 0 Å². The molecule has 0 atom stereocenters. The second-order valence-electron chi connectivity index (χ2n) is 6.21. The number of fused-ring (bicyclic) bond motifs is 1. The summed E-state index contributed by atoms with van der Waals surface area (Å²) >= 11 is 0. The zero-order valence-electron chi connectivity index (χ0n) is 12.6. The van der Waals surface area contributed by atoms with E-state index in [0.29, 0.717) is 5.70 Å². The Balaban J connectivity index is 2.82. The lowest BCUT2D eigenvalue weighted by atomic mass is 9.81. The topological polar surface area (TPSA) is 55.3 Å². The van der Waals surface area contributed by atoms with Gasteiger partial charge in [0.1, 0.15) is 0 Å². The van der Waals surface area contributed by atoms with Crippen LogP contribution in [0.4, 0.5) is 0 Å². The molecule has 0 saturated carbocycles. The van der Waals surface area contributed by atoms with E-state index < -0.39 is 0 Å². The highest BCUT2D eigenvalue weighted by Crippen LogP contribution is 2.34. The maximum Gasteiger partial charge on any atom is 0.0573 e. The van der Waals surface area contributed by atoms with Crippen LogP contribution in [0.25, 0.3) is 16.5 Å². The van der Waals surface area contributed by atoms with Gasteiger partial charge in [-0.15, -0.1) is 0 Å². The summed E-state index contributed by atoms with van der Waals surface area (Å²) < 4.78 is 0. The van der Waals surface area contributed by atoms with Gasteiger partial charge in [-0.3, -0.25) is 0 Å². The van der Waals surface area contributed by atoms with Gasteiger partial charge in [-0.25, -0.2) is 5.84 Å². The summed E-state index contributed by atoms with van der Waals surface area (Å²) in [5.41, 5.74) is 9.31. The molecule has 2 aromatic rings. The second kappa shape index (κ2) is 5.17. The molecule has 0 bridgehead atoms. The molecule has 0 spiro atoms. The Bertz CT molecular complexity index is 649. The van der Waals surface area contributed by atoms with Crippen molar-refractivity contribution >= 4 is 16.5 Å². The predicted octanol–water partition coefficient (Wildman–Crippen LogP) is 3.20. The van der Waals surface area contributed by atoms with Crippen molar-refractivity contribution in [2.75, 3.05) is 7.05 Å². The van der Waals surface area contributed by atoms with Gasteiger partial charge in [-0.2, -0.15) is 0 Å². The van der Waals surface area contributed by atoms with Crippen molar-refractivity contribution in [2.24, 2.45) is 11.6 Å². The van der Waals surface area contributed by atoms with Gasteiger partial charge in [0.05, 0.1) is 5.70 Å². The van der Waals surface area contributed by atoms with Gasteiger partial charge in [0.2, 0.25) is 0 Å². The molecule has 3 nitrogen and oxygen atoms in total. The Hall–Kier alpha value is -2.00. The van der Waals surface area contributed by atoms with Crippen molar-refractivity contribution < 1.29 is 0 Å². The third-order valence-corrected chi connectivity index (χ3v) is 3.37. The number of benzene rings is 2. The molecule has 0 aromatic heterocycles. The largest absolute Gasteiger partial charge is 0.397 e. The van der Waals surface area contributed by atoms with E-state index in [1.807, 2.05) is 12.1 Å². The standard InChI is InChI=1S/C17H23N3/c1-17(2,3)14-10-9-12-7-5-6-8-13(12)16(14)15(18)11-20(4)19/h5-11H,18-19H2,1-4H3/b15-11-. The second-order valence-corrected chi connectivity index (χ2v) is 6.21. The van der Waals surface area contributed by atoms with Gasteiger partial charge >= 0.3 is 0 Å². The minimum absolute atomic E-state index is 0.0188. The molecule has 0 saturated heterocycles. The first-order valence-electron chi connectivity index (χ1n) is 6.78. The Labute approximate surface area is 120 Å². The van der Waals surface area contributed by atoms with Gasteiger partial charge in [0.25, 0.3) is 0 Å². The molecule has 0 unspecified atom stereocenters. The van der Waals surface area contributed by atoms with E-state index >= 15 is 0 Å². The Morgan fingerprint density at radius 1 is 1.10 bits per heavy atom. The fraction of sp³-hybridized carbons (Fsp3) is 0.294. The summed E-state index contributed by atoms with van der Waals surface area (Å²) in [6.07, 6.45) is 1.76. The lowest BCUT2D eigenvalue weighted by Crippen LogP contribution is -2.22. The average molecular weight is 269 g/mol. The number of nitrogens with zero attached hydrogens (tertiary/aromatic N) is 1. The zero-order valence-corrected chi connectivity index (χ0v) is 12.6. The van der Waals surface area contributed by atoms with Crippen molar-refractivity contribution in [3.63, 3.8) is 0 Å². The molecule has 0 heterocycles. The van der Waals surface area contributed by atoms with Crippen molar-refractivity contribution in [3.8, 4) is 0 Å². The van der Waals surface area contributed by atoms with Crippen LogP contribution in [0.5, 0.6) is 0 Å². The van der Waals surface area contributed by atoms with Crippen LogP contribution in [0.1, 0.15) is 31.9 Å². The van der Waals surface area contributed by atoms with E-state index in [4.69, 9.17) is 11.6 Å². The number of rotatable bonds is 2. The molecule has 0 amide bonds. The molecular formula is C17H23N3. The van der Waals surface area contributed by atoms with Crippen LogP contribution in [-0.4, -0.2) is 12.1 Å². The van der Waals surface area contributed by atoms with E-state index in [2.05, 4.69) is 45.0 Å². The predicted molar refractivity (Wildman–Crippen MR) is 86.8 cm³/mol. The molecule has 106 valence electrons. The number of nitrogens with two attached hydrogens (primary N) is 2. The molecule has 2 rings (SSSR count). The molecule has 0 fully saturated rings. The minimum Gasteiger partial charge on any atom is -0.397 e. The van der Waals surface area contributed by atoms with Crippen LogP contribution in [0.2, 0.25) is 0 Å². The summed E-state index contributed by atoms with van der Waals surface area (Å²) in [4.78, 5) is 0. The van der Waals surface area contributed by atoms with Gasteiger partial charge in [0, 0.05) is 18.8 Å². The molecule has 20 heavy (non-hydrogen) atoms. The smallest absolute Gasteiger partial charge is 0.0573 e. The average Bonchev–Trinajstić information content (AvgIpc) is 2.35. The van der Waals surface area contributed by atoms with E-state index in [9.17, 15) is 0 Å². The lowest BCUT2D eigenvalue weighted by Gasteiger charge is -2.25. The Kier molecular flexibility index (Phi) is 3.73. The highest BCUT2D eigenvalue weighted by atomic mass is 15.4. The lowest BCUT2D eigenvalue weighted by molar-refractivity contribution is 0.485. The normalized spacial score (nSPS) is 12.8. The Morgan fingerprint density at radius 2 is 1.75 bits per heavy atom. The number of hydrazine groups is 1. The molecule has 0 aliphatic heterocycles. The highest BCUT2D eigenvalue weighted by molar-refractivity contribution is 5.95. The summed E-state index contributed by atoms with van der Waals surface area (Å²) in [6, 6.07) is 12.6. The van der Waals surface area contributed by atoms with E-state index in [-0.39, 0.29) is 5.41 Å². The van der Waals surface area contributed by atoms with Crippen LogP contribution >= 0.6 is 0 Å². The fourth-order valence-corrected chi connectivity index (χ4v) is 2.49. The van der Waals surface area contributed by atoms with E-state index in [1.54, 1.807) is 13.2 Å². The molecule has 2 aromatic carbocycles. The van der Waals surface area contributed by atoms with Crippen molar-refractivity contribution in [1.29, 1.82) is 0 Å². The van der Waals surface area contributed by atoms with Gasteiger partial charge in [-0.05, 0) is 21.8 Å². The minimum atomic E-state index is 0.0188. The summed E-state index contributed by atoms with van der Waals surface area (Å²) in [5.74, 6) is 5.71. The first kappa shape index (κ1) is 14.4. The maximum atomic E-state index is 6.30. The van der Waals surface area contributed by atoms with Crippen LogP contribution in [0.3, 0.4) is 0 Å². The third-order valence-electron chi connectivity index (χ3n) is 3.37. The number of hydrogen-bond donors (Lipinski definition) is 2. The molecule has 0 aliphatic carbocycles. The SMILES string of the molecule is CN(N)/C=C(\N)c1c(C(C)(C)C)ccc2ccccc12. The molecular weight excluding hydrogens is 246 g/mol. The van der Waals surface area contributed by atoms with Crippen LogP contribution < -0.4 is 11.6 Å². The van der Waals surface area contributed by atoms with Gasteiger partial charge in [0.15, 0.2) is 0 Å². The van der Waals surface area contributed by atoms with Gasteiger partial charge < -0.3 is 10.7 Å². The molecule has 0 radical (unpaired) electrons. The van der Waals surface area contributed by atoms with Gasteiger partial charge in [-0.1, -0.05) is 57.2 Å². The summed E-state index contributed by atoms with van der Waals surface area (Å²) in [6.45, 7) is 6.58. The maximum absolute atomic E-state index is 6.30. The molecule has 4 N–H and O–H groups in total. The monoisotopic (exact) mass is 269 g/mol. The zero-order chi connectivity index (χ0) is 14.9. The van der Waals surface area contributed by atoms with Crippen molar-refractivity contribution in [3.05, 3.63) is 53.7 Å². The molecule has 0 aliphatic rings. The van der Waals surface area contributed by atoms with Crippen LogP contribution in [0.15, 0.2) is 42.6 Å². The highest BCUT2D eigenvalue weighted by Gasteiger charge is 2.20. The van der Waals surface area contributed by atoms with Crippen molar-refractivity contribution in [1.82, 2.24) is 5.01 Å². The first-order chi connectivity index (χ1) is 9.30. The number of hydrogen-bond acceptors (Lipinski definition) is 3. The first-order valence-corrected chi connectivity index (χ1v) is 6.78. The van der Waals surface area contributed by atoms with E-state index in [1.165, 1.54) is 16.0 Å². The van der Waals surface area contributed by atoms with E-state index in [0.717, 1.165) is 10.9 Å². The molecule has 3 heteroatoms. The quantitative estimate of drug-likeness (QED) is 0.650. The van der Waals surface area contributed by atoms with Crippen molar-refractivity contribution in [2.45, 2.75) is 26.2 Å². The van der Waals surface area contributed by atoms with Crippen LogP contribution in [-0.2, 0) is 5.41 Å². The summed E-state index contributed by atoms with van der Waals surface area (Å²) in [7, 11) is 1.77. The Morgan fingerprint density at radius 3 is 2.35 bits per heavy atom. The fourth-order valence-electron chi connectivity index (χ4n) is 2.49.